The Kier molecular flexibility index (Phi) is 3.98. The van der Waals surface area contributed by atoms with Gasteiger partial charge >= 0.3 is 6.03 Å². The largest absolute Gasteiger partial charge is 0.351 e. The zero-order valence-electron chi connectivity index (χ0n) is 12.1. The lowest BCUT2D eigenvalue weighted by Crippen LogP contribution is -2.39. The molecule has 1 unspecified atom stereocenters. The minimum absolute atomic E-state index is 0.423. The van der Waals surface area contributed by atoms with E-state index in [9.17, 15) is 9.59 Å². The number of thioether (sulfide) groups is 1. The van der Waals surface area contributed by atoms with Crippen LogP contribution in [-0.4, -0.2) is 27.2 Å². The third-order valence-electron chi connectivity index (χ3n) is 3.43. The van der Waals surface area contributed by atoms with Gasteiger partial charge in [0.25, 0.3) is 0 Å². The van der Waals surface area contributed by atoms with Gasteiger partial charge in [-0.15, -0.1) is 0 Å². The monoisotopic (exact) mass is 316 g/mol. The summed E-state index contributed by atoms with van der Waals surface area (Å²) in [6.45, 7) is 1.72. The number of rotatable bonds is 4. The number of benzene rings is 1. The summed E-state index contributed by atoms with van der Waals surface area (Å²) in [5.74, 6) is 0.843. The van der Waals surface area contributed by atoms with Crippen molar-refractivity contribution in [2.75, 3.05) is 0 Å². The number of imide groups is 1. The first-order chi connectivity index (χ1) is 10.5. The highest BCUT2D eigenvalue weighted by atomic mass is 32.2. The number of para-hydroxylation sites is 1. The summed E-state index contributed by atoms with van der Waals surface area (Å²) >= 11 is 1.31. The first kappa shape index (κ1) is 14.8. The minimum Gasteiger partial charge on any atom is -0.351 e. The van der Waals surface area contributed by atoms with Crippen molar-refractivity contribution < 1.29 is 9.59 Å². The van der Waals surface area contributed by atoms with Gasteiger partial charge in [-0.05, 0) is 25.8 Å². The van der Waals surface area contributed by atoms with Crippen LogP contribution < -0.4 is 11.1 Å². The Hall–Kier alpha value is -2.15. The second-order valence-corrected chi connectivity index (χ2v) is 6.62. The Morgan fingerprint density at radius 3 is 2.73 bits per heavy atom. The lowest BCUT2D eigenvalue weighted by molar-refractivity contribution is -0.119. The molecule has 22 heavy (non-hydrogen) atoms. The minimum atomic E-state index is -0.844. The van der Waals surface area contributed by atoms with Crippen molar-refractivity contribution in [1.29, 1.82) is 0 Å². The van der Waals surface area contributed by atoms with E-state index in [1.54, 1.807) is 6.92 Å². The van der Waals surface area contributed by atoms with Crippen molar-refractivity contribution in [1.82, 2.24) is 15.3 Å². The maximum Gasteiger partial charge on any atom is 0.318 e. The number of nitrogens with zero attached hydrogens (tertiary/aromatic N) is 2. The number of primary amides is 1. The fourth-order valence-electron chi connectivity index (χ4n) is 2.12. The lowest BCUT2D eigenvalue weighted by atomic mass is 10.2. The van der Waals surface area contributed by atoms with Gasteiger partial charge in [0.1, 0.15) is 10.9 Å². The van der Waals surface area contributed by atoms with E-state index in [0.29, 0.717) is 5.92 Å². The molecular formula is C15H16N4O2S. The van der Waals surface area contributed by atoms with Crippen LogP contribution in [0.25, 0.3) is 10.9 Å². The standard InChI is InChI=1S/C15H16N4O2S/c1-8(13(20)19-15(16)21)22-14-10-4-2-3-5-11(10)17-12(18-14)9-6-7-9/h2-5,8-9H,6-7H2,1H3,(H3,16,19,20,21). The van der Waals surface area contributed by atoms with Gasteiger partial charge in [0.2, 0.25) is 5.91 Å². The quantitative estimate of drug-likeness (QED) is 0.665. The van der Waals surface area contributed by atoms with E-state index < -0.39 is 17.2 Å². The number of fused-ring (bicyclic) bond motifs is 1. The molecule has 1 aromatic heterocycles. The smallest absolute Gasteiger partial charge is 0.318 e. The Morgan fingerprint density at radius 2 is 2.05 bits per heavy atom. The number of amides is 3. The Bertz CT molecular complexity index is 745. The van der Waals surface area contributed by atoms with E-state index in [0.717, 1.165) is 34.6 Å². The summed E-state index contributed by atoms with van der Waals surface area (Å²) in [6, 6.07) is 6.89. The number of hydrogen-bond donors (Lipinski definition) is 2. The molecule has 1 saturated carbocycles. The van der Waals surface area contributed by atoms with Gasteiger partial charge in [0, 0.05) is 11.3 Å². The second-order valence-electron chi connectivity index (χ2n) is 5.29. The normalized spacial score (nSPS) is 15.5. The average Bonchev–Trinajstić information content (AvgIpc) is 3.31. The van der Waals surface area contributed by atoms with Crippen LogP contribution in [0.2, 0.25) is 0 Å². The fourth-order valence-corrected chi connectivity index (χ4v) is 3.07. The number of urea groups is 1. The van der Waals surface area contributed by atoms with Crippen LogP contribution in [0.3, 0.4) is 0 Å². The molecule has 1 heterocycles. The molecule has 2 aromatic rings. The summed E-state index contributed by atoms with van der Waals surface area (Å²) < 4.78 is 0. The SMILES string of the molecule is CC(Sc1nc(C2CC2)nc2ccccc12)C(=O)NC(N)=O. The van der Waals surface area contributed by atoms with Crippen molar-refractivity contribution in [3.05, 3.63) is 30.1 Å². The molecule has 0 bridgehead atoms. The third-order valence-corrected chi connectivity index (χ3v) is 4.53. The van der Waals surface area contributed by atoms with Crippen LogP contribution in [0.5, 0.6) is 0 Å². The first-order valence-electron chi connectivity index (χ1n) is 7.08. The van der Waals surface area contributed by atoms with Gasteiger partial charge in [0.05, 0.1) is 10.8 Å². The summed E-state index contributed by atoms with van der Waals surface area (Å²) in [5, 5.41) is 3.30. The molecule has 1 atom stereocenters. The highest BCUT2D eigenvalue weighted by Crippen LogP contribution is 2.40. The van der Waals surface area contributed by atoms with Crippen LogP contribution in [0.1, 0.15) is 31.5 Å². The molecule has 0 spiro atoms. The van der Waals surface area contributed by atoms with Crippen molar-refractivity contribution in [2.45, 2.75) is 36.0 Å². The van der Waals surface area contributed by atoms with Gasteiger partial charge in [-0.1, -0.05) is 30.0 Å². The van der Waals surface area contributed by atoms with Crippen LogP contribution in [0, 0.1) is 0 Å². The van der Waals surface area contributed by atoms with Gasteiger partial charge in [-0.25, -0.2) is 14.8 Å². The maximum atomic E-state index is 11.8. The number of hydrogen-bond acceptors (Lipinski definition) is 5. The maximum absolute atomic E-state index is 11.8. The lowest BCUT2D eigenvalue weighted by Gasteiger charge is -2.12. The summed E-state index contributed by atoms with van der Waals surface area (Å²) in [7, 11) is 0. The summed E-state index contributed by atoms with van der Waals surface area (Å²) in [4.78, 5) is 31.9. The van der Waals surface area contributed by atoms with Crippen LogP contribution in [0.4, 0.5) is 4.79 Å². The van der Waals surface area contributed by atoms with E-state index >= 15 is 0 Å². The van der Waals surface area contributed by atoms with Crippen LogP contribution in [0.15, 0.2) is 29.3 Å². The molecule has 1 aromatic carbocycles. The molecule has 1 aliphatic rings. The zero-order valence-corrected chi connectivity index (χ0v) is 12.9. The second kappa shape index (κ2) is 5.92. The van der Waals surface area contributed by atoms with E-state index in [-0.39, 0.29) is 0 Å². The van der Waals surface area contributed by atoms with Gasteiger partial charge in [0.15, 0.2) is 0 Å². The molecule has 0 saturated heterocycles. The highest BCUT2D eigenvalue weighted by Gasteiger charge is 2.28. The topological polar surface area (TPSA) is 98.0 Å². The summed E-state index contributed by atoms with van der Waals surface area (Å²) in [6.07, 6.45) is 2.22. The molecule has 1 aliphatic carbocycles. The molecule has 6 nitrogen and oxygen atoms in total. The number of carbonyl (C=O) groups is 2. The number of carbonyl (C=O) groups excluding carboxylic acids is 2. The number of nitrogens with two attached hydrogens (primary N) is 1. The molecule has 1 fully saturated rings. The van der Waals surface area contributed by atoms with Gasteiger partial charge in [-0.2, -0.15) is 0 Å². The van der Waals surface area contributed by atoms with Crippen molar-refractivity contribution in [2.24, 2.45) is 5.73 Å². The molecule has 7 heteroatoms. The van der Waals surface area contributed by atoms with Crippen LogP contribution in [-0.2, 0) is 4.79 Å². The Labute approximate surface area is 131 Å². The van der Waals surface area contributed by atoms with Crippen molar-refractivity contribution in [3.63, 3.8) is 0 Å². The molecule has 114 valence electrons. The Morgan fingerprint density at radius 1 is 1.32 bits per heavy atom. The summed E-state index contributed by atoms with van der Waals surface area (Å²) in [5.41, 5.74) is 5.86. The van der Waals surface area contributed by atoms with Crippen LogP contribution >= 0.6 is 11.8 Å². The van der Waals surface area contributed by atoms with Crippen molar-refractivity contribution >= 4 is 34.6 Å². The first-order valence-corrected chi connectivity index (χ1v) is 7.96. The highest BCUT2D eigenvalue weighted by molar-refractivity contribution is 8.00. The van der Waals surface area contributed by atoms with Gasteiger partial charge < -0.3 is 5.73 Å². The third kappa shape index (κ3) is 3.19. The molecule has 3 N–H and O–H groups in total. The van der Waals surface area contributed by atoms with E-state index in [1.165, 1.54) is 11.8 Å². The number of nitrogens with one attached hydrogen (secondary N) is 1. The molecule has 3 amide bonds. The average molecular weight is 316 g/mol. The molecule has 3 rings (SSSR count). The molecule has 0 aliphatic heterocycles. The van der Waals surface area contributed by atoms with E-state index in [4.69, 9.17) is 5.73 Å². The zero-order chi connectivity index (χ0) is 15.7. The van der Waals surface area contributed by atoms with Gasteiger partial charge in [-0.3, -0.25) is 10.1 Å². The van der Waals surface area contributed by atoms with E-state index in [1.807, 2.05) is 24.3 Å². The van der Waals surface area contributed by atoms with Crippen molar-refractivity contribution in [3.8, 4) is 0 Å². The fraction of sp³-hybridized carbons (Fsp3) is 0.333. The number of aromatic nitrogens is 2. The predicted octanol–water partition coefficient (Wildman–Crippen LogP) is 2.18. The predicted molar refractivity (Wildman–Crippen MR) is 84.6 cm³/mol. The Balaban J connectivity index is 1.91. The molecular weight excluding hydrogens is 300 g/mol. The molecule has 0 radical (unpaired) electrons. The van der Waals surface area contributed by atoms with E-state index in [2.05, 4.69) is 15.3 Å².